The van der Waals surface area contributed by atoms with Gasteiger partial charge in [-0.15, -0.1) is 0 Å². The van der Waals surface area contributed by atoms with E-state index in [1.54, 1.807) is 31.0 Å². The molecular formula is C13H18BrNO4S. The maximum absolute atomic E-state index is 12.1. The lowest BCUT2D eigenvalue weighted by Gasteiger charge is -2.23. The number of hydrogen-bond acceptors (Lipinski definition) is 4. The van der Waals surface area contributed by atoms with Crippen LogP contribution in [0.15, 0.2) is 33.6 Å². The quantitative estimate of drug-likeness (QED) is 0.801. The zero-order valence-electron chi connectivity index (χ0n) is 11.4. The van der Waals surface area contributed by atoms with Gasteiger partial charge in [-0.1, -0.05) is 22.9 Å². The van der Waals surface area contributed by atoms with Crippen molar-refractivity contribution in [3.05, 3.63) is 28.7 Å². The molecule has 0 saturated heterocycles. The normalized spacial score (nSPS) is 13.4. The highest BCUT2D eigenvalue weighted by atomic mass is 79.9. The minimum atomic E-state index is -3.39. The Morgan fingerprint density at radius 2 is 1.90 bits per heavy atom. The van der Waals surface area contributed by atoms with Crippen molar-refractivity contribution in [2.75, 3.05) is 19.3 Å². The molecule has 1 unspecified atom stereocenters. The van der Waals surface area contributed by atoms with Gasteiger partial charge >= 0.3 is 5.97 Å². The van der Waals surface area contributed by atoms with Crippen molar-refractivity contribution in [2.24, 2.45) is 0 Å². The van der Waals surface area contributed by atoms with E-state index in [0.29, 0.717) is 6.42 Å². The van der Waals surface area contributed by atoms with Crippen molar-refractivity contribution in [1.29, 1.82) is 0 Å². The van der Waals surface area contributed by atoms with Gasteiger partial charge in [0.25, 0.3) is 0 Å². The maximum Gasteiger partial charge on any atom is 0.320 e. The van der Waals surface area contributed by atoms with Gasteiger partial charge in [0, 0.05) is 11.0 Å². The Morgan fingerprint density at radius 1 is 1.35 bits per heavy atom. The number of carboxylic acids is 1. The summed E-state index contributed by atoms with van der Waals surface area (Å²) >= 11 is 3.25. The number of benzene rings is 1. The number of carboxylic acid groups (broad SMARTS) is 1. The lowest BCUT2D eigenvalue weighted by atomic mass is 10.2. The van der Waals surface area contributed by atoms with E-state index in [9.17, 15) is 13.2 Å². The number of carbonyl (C=O) groups is 1. The van der Waals surface area contributed by atoms with Gasteiger partial charge in [0.15, 0.2) is 9.84 Å². The first-order valence-corrected chi connectivity index (χ1v) is 8.64. The summed E-state index contributed by atoms with van der Waals surface area (Å²) in [7, 11) is -1.77. The number of aliphatic carboxylic acids is 1. The second-order valence-corrected chi connectivity index (χ2v) is 7.54. The van der Waals surface area contributed by atoms with Crippen molar-refractivity contribution in [3.8, 4) is 0 Å². The van der Waals surface area contributed by atoms with Gasteiger partial charge in [-0.2, -0.15) is 0 Å². The summed E-state index contributed by atoms with van der Waals surface area (Å²) in [5.41, 5.74) is 0. The van der Waals surface area contributed by atoms with E-state index in [0.717, 1.165) is 4.47 Å². The number of rotatable bonds is 7. The number of nitrogens with zero attached hydrogens (tertiary/aromatic N) is 1. The first-order chi connectivity index (χ1) is 9.27. The third kappa shape index (κ3) is 4.57. The smallest absolute Gasteiger partial charge is 0.320 e. The summed E-state index contributed by atoms with van der Waals surface area (Å²) in [5.74, 6) is -1.04. The van der Waals surface area contributed by atoms with Gasteiger partial charge in [-0.05, 0) is 37.7 Å². The largest absolute Gasteiger partial charge is 0.480 e. The highest BCUT2D eigenvalue weighted by Gasteiger charge is 2.22. The van der Waals surface area contributed by atoms with Gasteiger partial charge < -0.3 is 5.11 Å². The predicted molar refractivity (Wildman–Crippen MR) is 80.5 cm³/mol. The third-order valence-electron chi connectivity index (χ3n) is 3.09. The van der Waals surface area contributed by atoms with Gasteiger partial charge in [-0.3, -0.25) is 9.69 Å². The fraction of sp³-hybridized carbons (Fsp3) is 0.462. The van der Waals surface area contributed by atoms with Crippen LogP contribution in [0.1, 0.15) is 13.3 Å². The monoisotopic (exact) mass is 363 g/mol. The van der Waals surface area contributed by atoms with E-state index in [1.165, 1.54) is 12.1 Å². The Labute approximate surface area is 127 Å². The molecule has 0 aromatic heterocycles. The van der Waals surface area contributed by atoms with E-state index in [4.69, 9.17) is 5.11 Å². The van der Waals surface area contributed by atoms with Crippen LogP contribution in [-0.2, 0) is 14.6 Å². The zero-order chi connectivity index (χ0) is 15.3. The molecule has 5 nitrogen and oxygen atoms in total. The van der Waals surface area contributed by atoms with Gasteiger partial charge in [0.2, 0.25) is 0 Å². The lowest BCUT2D eigenvalue weighted by Crippen LogP contribution is -2.40. The molecular weight excluding hydrogens is 346 g/mol. The summed E-state index contributed by atoms with van der Waals surface area (Å²) in [4.78, 5) is 12.8. The molecule has 0 bridgehead atoms. The van der Waals surface area contributed by atoms with Crippen molar-refractivity contribution in [1.82, 2.24) is 4.90 Å². The van der Waals surface area contributed by atoms with Crippen LogP contribution in [0.5, 0.6) is 0 Å². The minimum Gasteiger partial charge on any atom is -0.480 e. The zero-order valence-corrected chi connectivity index (χ0v) is 13.8. The van der Waals surface area contributed by atoms with Crippen LogP contribution in [0, 0.1) is 0 Å². The molecule has 1 atom stereocenters. The summed E-state index contributed by atoms with van der Waals surface area (Å²) < 4.78 is 25.1. The van der Waals surface area contributed by atoms with Crippen LogP contribution in [-0.4, -0.2) is 49.8 Å². The fourth-order valence-corrected chi connectivity index (χ4v) is 3.43. The molecule has 0 fully saturated rings. The number of likely N-dealkylation sites (N-methyl/N-ethyl adjacent to an activating group) is 1. The first kappa shape index (κ1) is 17.1. The van der Waals surface area contributed by atoms with Gasteiger partial charge in [0.05, 0.1) is 10.6 Å². The highest BCUT2D eigenvalue weighted by Crippen LogP contribution is 2.16. The molecule has 1 aromatic rings. The van der Waals surface area contributed by atoms with Crippen LogP contribution in [0.4, 0.5) is 0 Å². The van der Waals surface area contributed by atoms with Gasteiger partial charge in [0.1, 0.15) is 6.04 Å². The van der Waals surface area contributed by atoms with Crippen LogP contribution in [0.3, 0.4) is 0 Å². The van der Waals surface area contributed by atoms with Crippen LogP contribution in [0.25, 0.3) is 0 Å². The average Bonchev–Trinajstić information content (AvgIpc) is 2.37. The minimum absolute atomic E-state index is 0.102. The summed E-state index contributed by atoms with van der Waals surface area (Å²) in [6.45, 7) is 1.95. The number of halogens is 1. The predicted octanol–water partition coefficient (Wildman–Crippen LogP) is 2.02. The fourth-order valence-electron chi connectivity index (χ4n) is 1.85. The Kier molecular flexibility index (Phi) is 6.16. The molecule has 20 heavy (non-hydrogen) atoms. The molecule has 0 amide bonds. The van der Waals surface area contributed by atoms with E-state index in [-0.39, 0.29) is 17.2 Å². The summed E-state index contributed by atoms with van der Waals surface area (Å²) in [6.07, 6.45) is 0.435. The van der Waals surface area contributed by atoms with E-state index < -0.39 is 21.8 Å². The molecule has 7 heteroatoms. The van der Waals surface area contributed by atoms with Crippen molar-refractivity contribution < 1.29 is 18.3 Å². The van der Waals surface area contributed by atoms with Crippen molar-refractivity contribution in [3.63, 3.8) is 0 Å². The second-order valence-electron chi connectivity index (χ2n) is 4.52. The second kappa shape index (κ2) is 7.19. The Hall–Kier alpha value is -0.920. The molecule has 1 rings (SSSR count). The van der Waals surface area contributed by atoms with E-state index >= 15 is 0 Å². The lowest BCUT2D eigenvalue weighted by molar-refractivity contribution is -0.142. The molecule has 0 aliphatic heterocycles. The third-order valence-corrected chi connectivity index (χ3v) is 5.33. The molecule has 1 N–H and O–H groups in total. The molecule has 112 valence electrons. The summed E-state index contributed by atoms with van der Waals surface area (Å²) in [5, 5.41) is 9.02. The van der Waals surface area contributed by atoms with Crippen molar-refractivity contribution in [2.45, 2.75) is 24.3 Å². The standard InChI is InChI=1S/C13H18BrNO4S/c1-3-12(13(16)17)15(2)8-9-20(18,19)11-6-4-10(14)5-7-11/h4-7,12H,3,8-9H2,1-2H3,(H,16,17). The van der Waals surface area contributed by atoms with Crippen LogP contribution in [0.2, 0.25) is 0 Å². The molecule has 0 aliphatic rings. The Morgan fingerprint density at radius 3 is 2.35 bits per heavy atom. The SMILES string of the molecule is CCC(C(=O)O)N(C)CCS(=O)(=O)c1ccc(Br)cc1. The molecule has 0 saturated carbocycles. The molecule has 0 aliphatic carbocycles. The molecule has 0 spiro atoms. The van der Waals surface area contributed by atoms with Crippen molar-refractivity contribution >= 4 is 31.7 Å². The van der Waals surface area contributed by atoms with Gasteiger partial charge in [-0.25, -0.2) is 8.42 Å². The topological polar surface area (TPSA) is 74.7 Å². The highest BCUT2D eigenvalue weighted by molar-refractivity contribution is 9.10. The molecule has 0 heterocycles. The maximum atomic E-state index is 12.1. The Balaban J connectivity index is 2.73. The first-order valence-electron chi connectivity index (χ1n) is 6.19. The summed E-state index contributed by atoms with van der Waals surface area (Å²) in [6, 6.07) is 5.75. The molecule has 0 radical (unpaired) electrons. The average molecular weight is 364 g/mol. The molecule has 1 aromatic carbocycles. The number of sulfone groups is 1. The number of hydrogen-bond donors (Lipinski definition) is 1. The van der Waals surface area contributed by atoms with E-state index in [1.807, 2.05) is 0 Å². The Bertz CT molecular complexity index is 556. The van der Waals surface area contributed by atoms with Crippen LogP contribution < -0.4 is 0 Å². The van der Waals surface area contributed by atoms with E-state index in [2.05, 4.69) is 15.9 Å². The van der Waals surface area contributed by atoms with Crippen LogP contribution >= 0.6 is 15.9 Å².